The van der Waals surface area contributed by atoms with E-state index < -0.39 is 35.3 Å². The van der Waals surface area contributed by atoms with Crippen molar-refractivity contribution in [1.29, 1.82) is 0 Å². The number of nitrogens with one attached hydrogen (secondary N) is 2. The lowest BCUT2D eigenvalue weighted by Gasteiger charge is -2.30. The van der Waals surface area contributed by atoms with Crippen molar-refractivity contribution < 1.29 is 23.9 Å². The number of rotatable bonds is 6. The number of benzene rings is 2. The first-order valence-corrected chi connectivity index (χ1v) is 9.46. The van der Waals surface area contributed by atoms with Crippen LogP contribution in [0.3, 0.4) is 0 Å². The molecule has 150 valence electrons. The van der Waals surface area contributed by atoms with Gasteiger partial charge in [0.25, 0.3) is 0 Å². The van der Waals surface area contributed by atoms with Crippen molar-refractivity contribution in [1.82, 2.24) is 5.32 Å². The number of Topliss-reactive ketones (excluding diaryl/α,β-unsaturated/α-hetero) is 2. The third-order valence-corrected chi connectivity index (χ3v) is 4.71. The summed E-state index contributed by atoms with van der Waals surface area (Å²) in [5, 5.41) is 5.21. The van der Waals surface area contributed by atoms with Gasteiger partial charge in [0, 0.05) is 23.2 Å². The maximum Gasteiger partial charge on any atom is 0.237 e. The highest BCUT2D eigenvalue weighted by Crippen LogP contribution is 2.28. The number of anilines is 1. The molecule has 7 nitrogen and oxygen atoms in total. The number of fused-ring (bicyclic) bond motifs is 1. The highest BCUT2D eigenvalue weighted by molar-refractivity contribution is 6.25. The van der Waals surface area contributed by atoms with Crippen LogP contribution in [-0.4, -0.2) is 36.0 Å². The molecule has 0 saturated carbocycles. The number of carbonyl (C=O) groups is 4. The minimum absolute atomic E-state index is 0.132. The Balaban J connectivity index is 1.90. The highest BCUT2D eigenvalue weighted by atomic mass is 16.5. The average molecular weight is 394 g/mol. The second-order valence-electron chi connectivity index (χ2n) is 6.60. The van der Waals surface area contributed by atoms with Gasteiger partial charge in [0.15, 0.2) is 11.6 Å². The van der Waals surface area contributed by atoms with Crippen LogP contribution in [0.5, 0.6) is 5.75 Å². The van der Waals surface area contributed by atoms with Crippen molar-refractivity contribution in [2.45, 2.75) is 26.3 Å². The van der Waals surface area contributed by atoms with Crippen molar-refractivity contribution in [3.05, 3.63) is 59.7 Å². The molecule has 2 N–H and O–H groups in total. The predicted molar refractivity (Wildman–Crippen MR) is 107 cm³/mol. The van der Waals surface area contributed by atoms with Crippen molar-refractivity contribution in [2.75, 3.05) is 11.9 Å². The molecule has 2 unspecified atom stereocenters. The summed E-state index contributed by atoms with van der Waals surface area (Å²) < 4.78 is 5.37. The lowest BCUT2D eigenvalue weighted by Crippen LogP contribution is -2.55. The van der Waals surface area contributed by atoms with Crippen molar-refractivity contribution in [3.8, 4) is 5.75 Å². The second kappa shape index (κ2) is 8.68. The molecule has 0 spiro atoms. The monoisotopic (exact) mass is 394 g/mol. The Morgan fingerprint density at radius 2 is 1.55 bits per heavy atom. The number of hydrogen-bond acceptors (Lipinski definition) is 5. The molecule has 1 aliphatic rings. The average Bonchev–Trinajstić information content (AvgIpc) is 2.73. The van der Waals surface area contributed by atoms with Crippen LogP contribution in [0.2, 0.25) is 0 Å². The van der Waals surface area contributed by atoms with E-state index in [2.05, 4.69) is 10.6 Å². The van der Waals surface area contributed by atoms with E-state index in [0.29, 0.717) is 18.0 Å². The predicted octanol–water partition coefficient (Wildman–Crippen LogP) is 2.61. The van der Waals surface area contributed by atoms with E-state index in [4.69, 9.17) is 4.74 Å². The van der Waals surface area contributed by atoms with Gasteiger partial charge < -0.3 is 15.4 Å². The lowest BCUT2D eigenvalue weighted by molar-refractivity contribution is -0.122. The molecule has 0 fully saturated rings. The van der Waals surface area contributed by atoms with Crippen LogP contribution in [0.15, 0.2) is 48.5 Å². The topological polar surface area (TPSA) is 102 Å². The van der Waals surface area contributed by atoms with Gasteiger partial charge >= 0.3 is 0 Å². The molecule has 2 aromatic carbocycles. The molecular formula is C22H22N2O5. The zero-order valence-electron chi connectivity index (χ0n) is 16.2. The zero-order valence-corrected chi connectivity index (χ0v) is 16.2. The van der Waals surface area contributed by atoms with Crippen molar-refractivity contribution >= 4 is 29.1 Å². The van der Waals surface area contributed by atoms with E-state index in [1.54, 1.807) is 43.3 Å². The number of ether oxygens (including phenoxy) is 1. The maximum atomic E-state index is 13.0. The number of ketones is 2. The number of amides is 2. The quantitative estimate of drug-likeness (QED) is 0.734. The Morgan fingerprint density at radius 1 is 0.931 bits per heavy atom. The van der Waals surface area contributed by atoms with Gasteiger partial charge in [-0.1, -0.05) is 31.2 Å². The summed E-state index contributed by atoms with van der Waals surface area (Å²) in [6.45, 7) is 4.01. The first-order chi connectivity index (χ1) is 14.0. The molecule has 2 amide bonds. The molecule has 3 rings (SSSR count). The van der Waals surface area contributed by atoms with Gasteiger partial charge in [-0.3, -0.25) is 19.2 Å². The smallest absolute Gasteiger partial charge is 0.237 e. The van der Waals surface area contributed by atoms with E-state index in [-0.39, 0.29) is 17.5 Å². The largest absolute Gasteiger partial charge is 0.494 e. The second-order valence-corrected chi connectivity index (χ2v) is 6.60. The molecule has 0 saturated heterocycles. The molecule has 0 heterocycles. The van der Waals surface area contributed by atoms with Crippen LogP contribution in [0.25, 0.3) is 0 Å². The normalized spacial score (nSPS) is 18.0. The van der Waals surface area contributed by atoms with Crippen molar-refractivity contribution in [2.24, 2.45) is 5.92 Å². The SMILES string of the molecule is CCOc1ccc(NC(=O)C2C(=O)c3ccccc3C(=O)C2NC(=O)CC)cc1. The Hall–Kier alpha value is -3.48. The Morgan fingerprint density at radius 3 is 2.14 bits per heavy atom. The van der Waals surface area contributed by atoms with Gasteiger partial charge in [-0.15, -0.1) is 0 Å². The van der Waals surface area contributed by atoms with E-state index in [0.717, 1.165) is 0 Å². The van der Waals surface area contributed by atoms with Crippen LogP contribution in [-0.2, 0) is 9.59 Å². The van der Waals surface area contributed by atoms with Crippen LogP contribution < -0.4 is 15.4 Å². The number of hydrogen-bond donors (Lipinski definition) is 2. The van der Waals surface area contributed by atoms with Gasteiger partial charge in [0.1, 0.15) is 17.7 Å². The summed E-state index contributed by atoms with van der Waals surface area (Å²) in [7, 11) is 0. The standard InChI is InChI=1S/C22H22N2O5/c1-3-17(25)24-19-18(20(26)15-7-5-6-8-16(15)21(19)27)22(28)23-13-9-11-14(12-10-13)29-4-2/h5-12,18-19H,3-4H2,1-2H3,(H,23,28)(H,24,25). The van der Waals surface area contributed by atoms with Gasteiger partial charge in [-0.2, -0.15) is 0 Å². The summed E-state index contributed by atoms with van der Waals surface area (Å²) in [4.78, 5) is 50.9. The minimum Gasteiger partial charge on any atom is -0.494 e. The molecule has 2 aromatic rings. The molecule has 0 aromatic heterocycles. The van der Waals surface area contributed by atoms with Gasteiger partial charge in [-0.05, 0) is 31.2 Å². The summed E-state index contributed by atoms with van der Waals surface area (Å²) in [6, 6.07) is 11.8. The molecule has 0 bridgehead atoms. The summed E-state index contributed by atoms with van der Waals surface area (Å²) in [5.41, 5.74) is 0.855. The Labute approximate surface area is 168 Å². The van der Waals surface area contributed by atoms with E-state index in [1.807, 2.05) is 6.92 Å². The molecule has 0 aliphatic heterocycles. The number of carbonyl (C=O) groups excluding carboxylic acids is 4. The lowest BCUT2D eigenvalue weighted by atomic mass is 9.77. The molecule has 1 aliphatic carbocycles. The minimum atomic E-state index is -1.35. The first kappa shape index (κ1) is 20.3. The van der Waals surface area contributed by atoms with Crippen LogP contribution >= 0.6 is 0 Å². The van der Waals surface area contributed by atoms with E-state index in [9.17, 15) is 19.2 Å². The fourth-order valence-corrected chi connectivity index (χ4v) is 3.27. The van der Waals surface area contributed by atoms with Crippen molar-refractivity contribution in [3.63, 3.8) is 0 Å². The fourth-order valence-electron chi connectivity index (χ4n) is 3.27. The zero-order chi connectivity index (χ0) is 21.0. The Kier molecular flexibility index (Phi) is 6.07. The summed E-state index contributed by atoms with van der Waals surface area (Å²) >= 11 is 0. The Bertz CT molecular complexity index is 952. The molecule has 29 heavy (non-hydrogen) atoms. The van der Waals surface area contributed by atoms with Crippen LogP contribution in [0, 0.1) is 5.92 Å². The van der Waals surface area contributed by atoms with Crippen LogP contribution in [0.1, 0.15) is 41.0 Å². The molecule has 0 radical (unpaired) electrons. The van der Waals surface area contributed by atoms with E-state index >= 15 is 0 Å². The summed E-state index contributed by atoms with van der Waals surface area (Å²) in [5.74, 6) is -2.70. The third-order valence-electron chi connectivity index (χ3n) is 4.71. The fraction of sp³-hybridized carbons (Fsp3) is 0.273. The molecular weight excluding hydrogens is 372 g/mol. The molecule has 2 atom stereocenters. The van der Waals surface area contributed by atoms with Crippen LogP contribution in [0.4, 0.5) is 5.69 Å². The molecule has 7 heteroatoms. The maximum absolute atomic E-state index is 13.0. The van der Waals surface area contributed by atoms with E-state index in [1.165, 1.54) is 12.1 Å². The highest BCUT2D eigenvalue weighted by Gasteiger charge is 2.46. The van der Waals surface area contributed by atoms with Gasteiger partial charge in [-0.25, -0.2) is 0 Å². The van der Waals surface area contributed by atoms with Gasteiger partial charge in [0.05, 0.1) is 6.61 Å². The third kappa shape index (κ3) is 4.18. The summed E-state index contributed by atoms with van der Waals surface area (Å²) in [6.07, 6.45) is 0.132. The van der Waals surface area contributed by atoms with Gasteiger partial charge in [0.2, 0.25) is 11.8 Å². The first-order valence-electron chi connectivity index (χ1n) is 9.46.